The Morgan fingerprint density at radius 1 is 1.50 bits per heavy atom. The highest BCUT2D eigenvalue weighted by atomic mass is 15.1. The summed E-state index contributed by atoms with van der Waals surface area (Å²) < 4.78 is 0. The minimum atomic E-state index is 0.634. The van der Waals surface area contributed by atoms with Crippen LogP contribution in [0.4, 0.5) is 5.82 Å². The second kappa shape index (κ2) is 3.56. The van der Waals surface area contributed by atoms with E-state index in [1.165, 1.54) is 12.8 Å². The van der Waals surface area contributed by atoms with Gasteiger partial charge < -0.3 is 5.32 Å². The van der Waals surface area contributed by atoms with Gasteiger partial charge >= 0.3 is 0 Å². The molecule has 0 spiro atoms. The fraction of sp³-hybridized carbons (Fsp3) is 0.636. The molecule has 2 unspecified atom stereocenters. The van der Waals surface area contributed by atoms with Crippen molar-refractivity contribution >= 4 is 5.82 Å². The van der Waals surface area contributed by atoms with Crippen molar-refractivity contribution in [2.24, 2.45) is 5.92 Å². The molecule has 0 saturated heterocycles. The summed E-state index contributed by atoms with van der Waals surface area (Å²) in [5.41, 5.74) is 1.98. The van der Waals surface area contributed by atoms with E-state index in [0.29, 0.717) is 6.04 Å². The molecule has 0 bridgehead atoms. The van der Waals surface area contributed by atoms with E-state index < -0.39 is 0 Å². The number of aromatic nitrogens is 2. The maximum absolute atomic E-state index is 4.45. The average Bonchev–Trinajstić information content (AvgIpc) is 2.90. The molecular formula is C11H17N3. The minimum Gasteiger partial charge on any atom is -0.366 e. The molecule has 2 rings (SSSR count). The van der Waals surface area contributed by atoms with E-state index in [1.54, 1.807) is 0 Å². The van der Waals surface area contributed by atoms with Crippen LogP contribution < -0.4 is 5.32 Å². The summed E-state index contributed by atoms with van der Waals surface area (Å²) >= 11 is 0. The molecule has 1 fully saturated rings. The van der Waals surface area contributed by atoms with E-state index in [9.17, 15) is 0 Å². The van der Waals surface area contributed by atoms with Crippen LogP contribution in [0.15, 0.2) is 6.20 Å². The summed E-state index contributed by atoms with van der Waals surface area (Å²) in [6, 6.07) is 0.634. The van der Waals surface area contributed by atoms with Crippen LogP contribution in [0.3, 0.4) is 0 Å². The molecule has 1 aromatic rings. The molecule has 1 heterocycles. The van der Waals surface area contributed by atoms with Crippen LogP contribution in [-0.2, 0) is 0 Å². The maximum Gasteiger partial charge on any atom is 0.147 e. The van der Waals surface area contributed by atoms with Crippen molar-refractivity contribution in [2.45, 2.75) is 39.7 Å². The monoisotopic (exact) mass is 191 g/mol. The molecule has 2 atom stereocenters. The van der Waals surface area contributed by atoms with Gasteiger partial charge in [-0.05, 0) is 26.2 Å². The lowest BCUT2D eigenvalue weighted by Gasteiger charge is -2.07. The predicted molar refractivity (Wildman–Crippen MR) is 57.3 cm³/mol. The Kier molecular flexibility index (Phi) is 2.40. The maximum atomic E-state index is 4.45. The van der Waals surface area contributed by atoms with Gasteiger partial charge in [-0.15, -0.1) is 0 Å². The third-order valence-corrected chi connectivity index (χ3v) is 2.84. The van der Waals surface area contributed by atoms with Crippen molar-refractivity contribution in [1.29, 1.82) is 0 Å². The Bertz CT molecular complexity index is 335. The van der Waals surface area contributed by atoms with E-state index >= 15 is 0 Å². The molecule has 0 amide bonds. The standard InChI is InChI=1S/C11H17N3/c1-4-9-5-10(9)14-11-8(3)12-6-7(2)13-11/h6,9-10H,4-5H2,1-3H3,(H,13,14). The van der Waals surface area contributed by atoms with Crippen molar-refractivity contribution in [3.05, 3.63) is 17.6 Å². The van der Waals surface area contributed by atoms with Crippen LogP contribution in [0, 0.1) is 19.8 Å². The Labute approximate surface area is 85.0 Å². The van der Waals surface area contributed by atoms with Gasteiger partial charge in [-0.25, -0.2) is 4.98 Å². The first-order chi connectivity index (χ1) is 6.70. The first kappa shape index (κ1) is 9.44. The predicted octanol–water partition coefficient (Wildman–Crippen LogP) is 2.30. The summed E-state index contributed by atoms with van der Waals surface area (Å²) in [5.74, 6) is 1.81. The number of nitrogens with zero attached hydrogens (tertiary/aromatic N) is 2. The lowest BCUT2D eigenvalue weighted by atomic mass is 10.3. The van der Waals surface area contributed by atoms with Gasteiger partial charge in [0.25, 0.3) is 0 Å². The summed E-state index contributed by atoms with van der Waals surface area (Å²) in [7, 11) is 0. The molecule has 3 nitrogen and oxygen atoms in total. The molecule has 14 heavy (non-hydrogen) atoms. The summed E-state index contributed by atoms with van der Waals surface area (Å²) in [6.45, 7) is 6.21. The fourth-order valence-corrected chi connectivity index (χ4v) is 1.73. The SMILES string of the molecule is CCC1CC1Nc1nc(C)cnc1C. The highest BCUT2D eigenvalue weighted by Crippen LogP contribution is 2.35. The van der Waals surface area contributed by atoms with Gasteiger partial charge in [0, 0.05) is 12.2 Å². The van der Waals surface area contributed by atoms with Crippen LogP contribution in [0.2, 0.25) is 0 Å². The van der Waals surface area contributed by atoms with Crippen LogP contribution in [0.5, 0.6) is 0 Å². The highest BCUT2D eigenvalue weighted by Gasteiger charge is 2.35. The zero-order valence-electron chi connectivity index (χ0n) is 9.04. The smallest absolute Gasteiger partial charge is 0.147 e. The van der Waals surface area contributed by atoms with Crippen LogP contribution >= 0.6 is 0 Å². The lowest BCUT2D eigenvalue weighted by molar-refractivity contribution is 0.772. The topological polar surface area (TPSA) is 37.8 Å². The normalized spacial score (nSPS) is 24.8. The van der Waals surface area contributed by atoms with E-state index in [0.717, 1.165) is 23.1 Å². The lowest BCUT2D eigenvalue weighted by Crippen LogP contribution is -2.09. The molecule has 0 aromatic carbocycles. The second-order valence-electron chi connectivity index (χ2n) is 4.10. The zero-order valence-corrected chi connectivity index (χ0v) is 9.04. The number of nitrogens with one attached hydrogen (secondary N) is 1. The van der Waals surface area contributed by atoms with Crippen molar-refractivity contribution in [3.8, 4) is 0 Å². The first-order valence-corrected chi connectivity index (χ1v) is 5.27. The molecule has 0 aliphatic heterocycles. The van der Waals surface area contributed by atoms with Gasteiger partial charge in [0.15, 0.2) is 0 Å². The molecule has 1 aromatic heterocycles. The Hall–Kier alpha value is -1.12. The number of aryl methyl sites for hydroxylation is 2. The van der Waals surface area contributed by atoms with Crippen LogP contribution in [0.25, 0.3) is 0 Å². The van der Waals surface area contributed by atoms with Crippen LogP contribution in [0.1, 0.15) is 31.2 Å². The van der Waals surface area contributed by atoms with E-state index in [1.807, 2.05) is 20.0 Å². The van der Waals surface area contributed by atoms with Crippen molar-refractivity contribution in [2.75, 3.05) is 5.32 Å². The fourth-order valence-electron chi connectivity index (χ4n) is 1.73. The van der Waals surface area contributed by atoms with E-state index in [-0.39, 0.29) is 0 Å². The second-order valence-corrected chi connectivity index (χ2v) is 4.10. The largest absolute Gasteiger partial charge is 0.366 e. The van der Waals surface area contributed by atoms with Crippen molar-refractivity contribution < 1.29 is 0 Å². The van der Waals surface area contributed by atoms with Crippen molar-refractivity contribution in [3.63, 3.8) is 0 Å². The van der Waals surface area contributed by atoms with Gasteiger partial charge in [0.2, 0.25) is 0 Å². The minimum absolute atomic E-state index is 0.634. The van der Waals surface area contributed by atoms with Gasteiger partial charge in [-0.1, -0.05) is 13.3 Å². The van der Waals surface area contributed by atoms with E-state index in [2.05, 4.69) is 22.2 Å². The molecule has 1 saturated carbocycles. The summed E-state index contributed by atoms with van der Waals surface area (Å²) in [4.78, 5) is 8.73. The molecule has 3 heteroatoms. The van der Waals surface area contributed by atoms with Gasteiger partial charge in [-0.2, -0.15) is 0 Å². The Morgan fingerprint density at radius 3 is 2.93 bits per heavy atom. The van der Waals surface area contributed by atoms with E-state index in [4.69, 9.17) is 0 Å². The zero-order chi connectivity index (χ0) is 10.1. The number of hydrogen-bond acceptors (Lipinski definition) is 3. The summed E-state index contributed by atoms with van der Waals surface area (Å²) in [5, 5.41) is 3.45. The van der Waals surface area contributed by atoms with Crippen molar-refractivity contribution in [1.82, 2.24) is 9.97 Å². The molecule has 0 radical (unpaired) electrons. The highest BCUT2D eigenvalue weighted by molar-refractivity contribution is 5.42. The van der Waals surface area contributed by atoms with Gasteiger partial charge in [0.1, 0.15) is 5.82 Å². The quantitative estimate of drug-likeness (QED) is 0.796. The summed E-state index contributed by atoms with van der Waals surface area (Å²) in [6.07, 6.45) is 4.35. The Balaban J connectivity index is 2.06. The molecule has 76 valence electrons. The Morgan fingerprint density at radius 2 is 2.29 bits per heavy atom. The van der Waals surface area contributed by atoms with Gasteiger partial charge in [0.05, 0.1) is 11.4 Å². The molecule has 1 aliphatic rings. The molecule has 1 N–H and O–H groups in total. The molecule has 1 aliphatic carbocycles. The third-order valence-electron chi connectivity index (χ3n) is 2.84. The average molecular weight is 191 g/mol. The number of rotatable bonds is 3. The van der Waals surface area contributed by atoms with Gasteiger partial charge in [-0.3, -0.25) is 4.98 Å². The first-order valence-electron chi connectivity index (χ1n) is 5.27. The number of anilines is 1. The van der Waals surface area contributed by atoms with Crippen LogP contribution in [-0.4, -0.2) is 16.0 Å². The third kappa shape index (κ3) is 1.86. The number of hydrogen-bond donors (Lipinski definition) is 1. The molecular weight excluding hydrogens is 174 g/mol.